The van der Waals surface area contributed by atoms with Crippen LogP contribution in [0.1, 0.15) is 49.1 Å². The van der Waals surface area contributed by atoms with E-state index >= 15 is 0 Å². The number of anilines is 1. The molecule has 1 unspecified atom stereocenters. The lowest BCUT2D eigenvalue weighted by Crippen LogP contribution is -2.29. The van der Waals surface area contributed by atoms with E-state index < -0.39 is 17.7 Å². The van der Waals surface area contributed by atoms with Crippen LogP contribution in [0.2, 0.25) is 0 Å². The van der Waals surface area contributed by atoms with Gasteiger partial charge in [0, 0.05) is 29.2 Å². The van der Waals surface area contributed by atoms with Crippen molar-refractivity contribution in [1.29, 1.82) is 0 Å². The van der Waals surface area contributed by atoms with E-state index in [2.05, 4.69) is 4.98 Å². The fourth-order valence-corrected chi connectivity index (χ4v) is 4.33. The largest absolute Gasteiger partial charge is 0.507 e. The first-order valence-electron chi connectivity index (χ1n) is 11.1. The second kappa shape index (κ2) is 8.78. The molecule has 0 radical (unpaired) electrons. The molecule has 4 rings (SSSR count). The van der Waals surface area contributed by atoms with Crippen LogP contribution in [0.15, 0.2) is 72.6 Å². The summed E-state index contributed by atoms with van der Waals surface area (Å²) >= 11 is 0. The van der Waals surface area contributed by atoms with Gasteiger partial charge in [-0.25, -0.2) is 0 Å². The van der Waals surface area contributed by atoms with E-state index in [4.69, 9.17) is 4.74 Å². The quantitative estimate of drug-likeness (QED) is 0.326. The summed E-state index contributed by atoms with van der Waals surface area (Å²) in [5, 5.41) is 11.4. The summed E-state index contributed by atoms with van der Waals surface area (Å²) in [5.41, 5.74) is 3.26. The number of ketones is 1. The van der Waals surface area contributed by atoms with Crippen molar-refractivity contribution in [3.8, 4) is 5.75 Å². The van der Waals surface area contributed by atoms with Gasteiger partial charge in [0.1, 0.15) is 11.5 Å². The molecule has 1 fully saturated rings. The first-order valence-corrected chi connectivity index (χ1v) is 11.1. The summed E-state index contributed by atoms with van der Waals surface area (Å²) in [7, 11) is 1.60. The van der Waals surface area contributed by atoms with Gasteiger partial charge in [-0.2, -0.15) is 0 Å². The Kier molecular flexibility index (Phi) is 6.00. The van der Waals surface area contributed by atoms with Crippen LogP contribution in [-0.4, -0.2) is 28.9 Å². The minimum Gasteiger partial charge on any atom is -0.507 e. The number of benzene rings is 2. The van der Waals surface area contributed by atoms with Crippen LogP contribution in [0.4, 0.5) is 5.69 Å². The number of hydrogen-bond acceptors (Lipinski definition) is 5. The number of carbonyl (C=O) groups is 2. The van der Waals surface area contributed by atoms with Gasteiger partial charge in [-0.1, -0.05) is 39.0 Å². The molecule has 0 saturated carbocycles. The van der Waals surface area contributed by atoms with E-state index in [1.54, 1.807) is 49.8 Å². The van der Waals surface area contributed by atoms with Crippen LogP contribution < -0.4 is 9.64 Å². The number of methoxy groups -OCH3 is 1. The monoisotopic (exact) mass is 456 g/mol. The topological polar surface area (TPSA) is 79.7 Å². The molecule has 2 heterocycles. The third kappa shape index (κ3) is 4.07. The van der Waals surface area contributed by atoms with Crippen molar-refractivity contribution in [1.82, 2.24) is 4.98 Å². The molecule has 2 aromatic carbocycles. The number of hydrogen-bond donors (Lipinski definition) is 1. The van der Waals surface area contributed by atoms with E-state index in [-0.39, 0.29) is 16.7 Å². The predicted molar refractivity (Wildman–Crippen MR) is 132 cm³/mol. The van der Waals surface area contributed by atoms with Crippen LogP contribution in [0, 0.1) is 6.92 Å². The summed E-state index contributed by atoms with van der Waals surface area (Å²) in [6.07, 6.45) is 3.24. The molecule has 0 spiro atoms. The SMILES string of the molecule is COc1ccc(/C(O)=C2/C(=O)C(=O)N(c3cccc(C)c3)C2c2cccnc2)cc1C(C)(C)C. The highest BCUT2D eigenvalue weighted by molar-refractivity contribution is 6.51. The van der Waals surface area contributed by atoms with E-state index in [0.29, 0.717) is 22.6 Å². The fourth-order valence-electron chi connectivity index (χ4n) is 4.33. The van der Waals surface area contributed by atoms with Gasteiger partial charge in [0.25, 0.3) is 11.7 Å². The van der Waals surface area contributed by atoms with E-state index in [0.717, 1.165) is 11.1 Å². The summed E-state index contributed by atoms with van der Waals surface area (Å²) in [6, 6.07) is 15.4. The number of ether oxygens (including phenoxy) is 1. The second-order valence-electron chi connectivity index (χ2n) is 9.46. The summed E-state index contributed by atoms with van der Waals surface area (Å²) in [4.78, 5) is 32.2. The fraction of sp³-hybridized carbons (Fsp3) is 0.250. The molecule has 0 bridgehead atoms. The minimum absolute atomic E-state index is 0.0320. The van der Waals surface area contributed by atoms with Gasteiger partial charge in [-0.15, -0.1) is 0 Å². The highest BCUT2D eigenvalue weighted by Crippen LogP contribution is 2.43. The molecule has 6 nitrogen and oxygen atoms in total. The van der Waals surface area contributed by atoms with Gasteiger partial charge in [0.15, 0.2) is 0 Å². The van der Waals surface area contributed by atoms with Crippen molar-refractivity contribution in [3.05, 3.63) is 94.8 Å². The van der Waals surface area contributed by atoms with Gasteiger partial charge in [0.05, 0.1) is 18.7 Å². The number of aliphatic hydroxyl groups excluding tert-OH is 1. The minimum atomic E-state index is -0.810. The number of aromatic nitrogens is 1. The second-order valence-corrected chi connectivity index (χ2v) is 9.46. The first kappa shape index (κ1) is 23.2. The van der Waals surface area contributed by atoms with Gasteiger partial charge in [0.2, 0.25) is 0 Å². The summed E-state index contributed by atoms with van der Waals surface area (Å²) in [5.74, 6) is -0.963. The Morgan fingerprint density at radius 2 is 1.82 bits per heavy atom. The molecule has 1 N–H and O–H groups in total. The number of aliphatic hydroxyl groups is 1. The van der Waals surface area contributed by atoms with Gasteiger partial charge in [-0.05, 0) is 59.9 Å². The lowest BCUT2D eigenvalue weighted by Gasteiger charge is -2.26. The smallest absolute Gasteiger partial charge is 0.300 e. The molecule has 1 aliphatic rings. The maximum absolute atomic E-state index is 13.3. The van der Waals surface area contributed by atoms with Crippen LogP contribution in [0.25, 0.3) is 5.76 Å². The highest BCUT2D eigenvalue weighted by Gasteiger charge is 2.47. The molecule has 1 aliphatic heterocycles. The Bertz CT molecular complexity index is 1290. The molecule has 6 heteroatoms. The number of amides is 1. The lowest BCUT2D eigenvalue weighted by atomic mass is 9.84. The molecule has 3 aromatic rings. The summed E-state index contributed by atoms with van der Waals surface area (Å²) < 4.78 is 5.51. The lowest BCUT2D eigenvalue weighted by molar-refractivity contribution is -0.132. The molecule has 174 valence electrons. The number of aryl methyl sites for hydroxylation is 1. The number of carbonyl (C=O) groups excluding carboxylic acids is 2. The Hall–Kier alpha value is -3.93. The first-order chi connectivity index (χ1) is 16.1. The number of pyridine rings is 1. The van der Waals surface area contributed by atoms with Crippen molar-refractivity contribution >= 4 is 23.1 Å². The molecule has 34 heavy (non-hydrogen) atoms. The van der Waals surface area contributed by atoms with Crippen molar-refractivity contribution < 1.29 is 19.4 Å². The predicted octanol–water partition coefficient (Wildman–Crippen LogP) is 5.32. The average molecular weight is 457 g/mol. The number of rotatable bonds is 4. The standard InChI is InChI=1S/C28H28N2O4/c1-17-8-6-10-20(14-17)30-24(19-9-7-13-29-16-19)23(26(32)27(30)33)25(31)18-11-12-22(34-5)21(15-18)28(2,3)4/h6-16,24,31H,1-5H3/b25-23-. The van der Waals surface area contributed by atoms with Gasteiger partial charge < -0.3 is 9.84 Å². The van der Waals surface area contributed by atoms with Crippen molar-refractivity contribution in [2.75, 3.05) is 12.0 Å². The van der Waals surface area contributed by atoms with E-state index in [1.807, 2.05) is 52.0 Å². The molecular formula is C28H28N2O4. The zero-order valence-corrected chi connectivity index (χ0v) is 20.0. The maximum Gasteiger partial charge on any atom is 0.300 e. The summed E-state index contributed by atoms with van der Waals surface area (Å²) in [6.45, 7) is 8.05. The number of Topliss-reactive ketones (excluding diaryl/α,β-unsaturated/α-hetero) is 1. The third-order valence-corrected chi connectivity index (χ3v) is 6.01. The van der Waals surface area contributed by atoms with Gasteiger partial charge >= 0.3 is 0 Å². The molecular weight excluding hydrogens is 428 g/mol. The van der Waals surface area contributed by atoms with Gasteiger partial charge in [-0.3, -0.25) is 19.5 Å². The highest BCUT2D eigenvalue weighted by atomic mass is 16.5. The van der Waals surface area contributed by atoms with E-state index in [9.17, 15) is 14.7 Å². The maximum atomic E-state index is 13.3. The van der Waals surface area contributed by atoms with Crippen molar-refractivity contribution in [3.63, 3.8) is 0 Å². The number of nitrogens with zero attached hydrogens (tertiary/aromatic N) is 2. The van der Waals surface area contributed by atoms with Crippen LogP contribution in [0.3, 0.4) is 0 Å². The molecule has 1 amide bonds. The zero-order chi connectivity index (χ0) is 24.6. The van der Waals surface area contributed by atoms with Crippen LogP contribution >= 0.6 is 0 Å². The Morgan fingerprint density at radius 3 is 2.44 bits per heavy atom. The van der Waals surface area contributed by atoms with Crippen LogP contribution in [0.5, 0.6) is 5.75 Å². The zero-order valence-electron chi connectivity index (χ0n) is 20.0. The normalized spacial score (nSPS) is 17.8. The van der Waals surface area contributed by atoms with E-state index in [1.165, 1.54) is 4.90 Å². The average Bonchev–Trinajstić information content (AvgIpc) is 3.08. The third-order valence-electron chi connectivity index (χ3n) is 6.01. The Morgan fingerprint density at radius 1 is 1.06 bits per heavy atom. The van der Waals surface area contributed by atoms with Crippen molar-refractivity contribution in [2.24, 2.45) is 0 Å². The molecule has 1 saturated heterocycles. The molecule has 0 aliphatic carbocycles. The molecule has 1 aromatic heterocycles. The molecule has 1 atom stereocenters. The van der Waals surface area contributed by atoms with Crippen LogP contribution in [-0.2, 0) is 15.0 Å². The van der Waals surface area contributed by atoms with Crippen molar-refractivity contribution in [2.45, 2.75) is 39.2 Å². The Labute approximate surface area is 199 Å². The Balaban J connectivity index is 1.95.